The van der Waals surface area contributed by atoms with Crippen LogP contribution in [-0.2, 0) is 21.0 Å². The van der Waals surface area contributed by atoms with E-state index in [-0.39, 0.29) is 10.9 Å². The van der Waals surface area contributed by atoms with Crippen LogP contribution in [-0.4, -0.2) is 32.7 Å². The molecule has 0 aliphatic carbocycles. The van der Waals surface area contributed by atoms with Crippen LogP contribution in [0.5, 0.6) is 11.5 Å². The first-order chi connectivity index (χ1) is 17.0. The maximum atomic E-state index is 10.7. The van der Waals surface area contributed by atoms with Gasteiger partial charge in [0.2, 0.25) is 4.21 Å². The van der Waals surface area contributed by atoms with Crippen molar-refractivity contribution < 1.29 is 35.6 Å². The van der Waals surface area contributed by atoms with Crippen LogP contribution in [0.3, 0.4) is 0 Å². The average Bonchev–Trinajstić information content (AvgIpc) is 3.52. The fourth-order valence-electron chi connectivity index (χ4n) is 2.68. The number of alkyl halides is 3. The maximum Gasteiger partial charge on any atom is 0.485 e. The smallest absolute Gasteiger partial charge is 0.485 e. The van der Waals surface area contributed by atoms with E-state index in [9.17, 15) is 13.2 Å². The molecule has 2 heterocycles. The van der Waals surface area contributed by atoms with Gasteiger partial charge in [0.1, 0.15) is 22.4 Å². The first-order valence-corrected chi connectivity index (χ1v) is 15.0. The predicted molar refractivity (Wildman–Crippen MR) is 137 cm³/mol. The molecule has 0 fully saturated rings. The average molecular weight is 593 g/mol. The van der Waals surface area contributed by atoms with E-state index in [2.05, 4.69) is 53.9 Å². The van der Waals surface area contributed by atoms with Gasteiger partial charge in [0.05, 0.1) is 22.6 Å². The summed E-state index contributed by atoms with van der Waals surface area (Å²) in [7, 11) is -2.86. The minimum Gasteiger partial charge on any atom is -0.741 e. The molecule has 192 valence electrons. The van der Waals surface area contributed by atoms with Crippen LogP contribution in [0.1, 0.15) is 0 Å². The Morgan fingerprint density at radius 3 is 1.72 bits per heavy atom. The molecule has 0 aliphatic rings. The third kappa shape index (κ3) is 7.67. The number of methoxy groups -OCH3 is 2. The van der Waals surface area contributed by atoms with E-state index >= 15 is 0 Å². The van der Waals surface area contributed by atoms with Gasteiger partial charge in [-0.1, -0.05) is 29.2 Å². The molecule has 4 rings (SSSR count). The van der Waals surface area contributed by atoms with Gasteiger partial charge in [0, 0.05) is 6.07 Å². The molecule has 0 amide bonds. The van der Waals surface area contributed by atoms with Crippen molar-refractivity contribution in [1.29, 1.82) is 0 Å². The normalized spacial score (nSPS) is 11.6. The number of rotatable bonds is 7. The van der Waals surface area contributed by atoms with Crippen molar-refractivity contribution in [3.63, 3.8) is 0 Å². The van der Waals surface area contributed by atoms with Gasteiger partial charge in [-0.25, -0.2) is 8.42 Å². The molecular formula is C23H19F3O5S5. The van der Waals surface area contributed by atoms with Crippen LogP contribution in [0.4, 0.5) is 13.2 Å². The van der Waals surface area contributed by atoms with Gasteiger partial charge in [-0.3, -0.25) is 0 Å². The summed E-state index contributed by atoms with van der Waals surface area (Å²) in [5.74, 6) is 1.75. The van der Waals surface area contributed by atoms with E-state index in [4.69, 9.17) is 22.4 Å². The van der Waals surface area contributed by atoms with Crippen LogP contribution in [0, 0.1) is 0 Å². The Kier molecular flexibility index (Phi) is 9.78. The lowest BCUT2D eigenvalue weighted by Crippen LogP contribution is -2.21. The Bertz CT molecular complexity index is 1290. The van der Waals surface area contributed by atoms with Gasteiger partial charge < -0.3 is 14.0 Å². The standard InChI is InChI=1S/C22H19O2S4.CHF3O3S/c1-23-16-5-9-18(10-6-16)28(19-11-7-17(24-2)8-12-19)22-14-13-21(27-22)26-20-4-3-15-25-20;2-1(3,4)8(5,6)7/h3-15H,1-2H3;(H,5,6,7)/q+1;/p-1. The number of hydrogen-bond acceptors (Lipinski definition) is 8. The van der Waals surface area contributed by atoms with Crippen molar-refractivity contribution in [2.45, 2.75) is 27.9 Å². The molecule has 2 aromatic heterocycles. The third-order valence-corrected chi connectivity index (χ3v) is 10.7. The number of thiophene rings is 2. The second-order valence-corrected chi connectivity index (χ2v) is 13.9. The summed E-state index contributed by atoms with van der Waals surface area (Å²) >= 11 is 5.49. The van der Waals surface area contributed by atoms with E-state index in [1.807, 2.05) is 47.4 Å². The lowest BCUT2D eigenvalue weighted by molar-refractivity contribution is -0.0517. The van der Waals surface area contributed by atoms with Gasteiger partial charge in [-0.05, 0) is 66.0 Å². The largest absolute Gasteiger partial charge is 0.741 e. The second kappa shape index (κ2) is 12.4. The number of hydrogen-bond donors (Lipinski definition) is 0. The molecule has 5 nitrogen and oxygen atoms in total. The molecule has 0 saturated carbocycles. The third-order valence-electron chi connectivity index (χ3n) is 4.33. The zero-order chi connectivity index (χ0) is 26.3. The van der Waals surface area contributed by atoms with E-state index in [0.29, 0.717) is 0 Å². The molecule has 13 heteroatoms. The molecule has 0 atom stereocenters. The summed E-state index contributed by atoms with van der Waals surface area (Å²) in [5.41, 5.74) is -5.65. The molecule has 0 aliphatic heterocycles. The minimum atomic E-state index is -6.09. The molecule has 0 unspecified atom stereocenters. The Hall–Kier alpha value is -2.16. The summed E-state index contributed by atoms with van der Waals surface area (Å²) in [6, 6.07) is 25.6. The van der Waals surface area contributed by atoms with Gasteiger partial charge in [0.15, 0.2) is 19.9 Å². The van der Waals surface area contributed by atoms with E-state index in [0.717, 1.165) is 11.5 Å². The van der Waals surface area contributed by atoms with Crippen LogP contribution in [0.25, 0.3) is 0 Å². The first-order valence-electron chi connectivity index (χ1n) is 9.87. The predicted octanol–water partition coefficient (Wildman–Crippen LogP) is 7.12. The monoisotopic (exact) mass is 592 g/mol. The summed E-state index contributed by atoms with van der Waals surface area (Å²) < 4.78 is 73.6. The SMILES string of the molecule is COc1ccc([S+](c2ccc(OC)cc2)c2ccc(Sc3cccs3)s2)cc1.O=S(=O)([O-])C(F)(F)F. The number of benzene rings is 2. The molecule has 2 aromatic carbocycles. The highest BCUT2D eigenvalue weighted by atomic mass is 32.2. The zero-order valence-electron chi connectivity index (χ0n) is 18.7. The highest BCUT2D eigenvalue weighted by Crippen LogP contribution is 2.42. The van der Waals surface area contributed by atoms with Gasteiger partial charge in [-0.15, -0.1) is 11.3 Å². The Labute approximate surface area is 222 Å². The topological polar surface area (TPSA) is 75.7 Å². The first kappa shape index (κ1) is 28.4. The molecule has 4 aromatic rings. The zero-order valence-corrected chi connectivity index (χ0v) is 22.8. The molecule has 0 N–H and O–H groups in total. The van der Waals surface area contributed by atoms with Crippen LogP contribution in [0.2, 0.25) is 0 Å². The fourth-order valence-corrected chi connectivity index (χ4v) is 8.67. The lowest BCUT2D eigenvalue weighted by Gasteiger charge is -2.08. The summed E-state index contributed by atoms with van der Waals surface area (Å²) in [6.45, 7) is 0. The van der Waals surface area contributed by atoms with Crippen molar-refractivity contribution in [1.82, 2.24) is 0 Å². The molecule has 0 saturated heterocycles. The minimum absolute atomic E-state index is 0.165. The van der Waals surface area contributed by atoms with Crippen LogP contribution < -0.4 is 9.47 Å². The van der Waals surface area contributed by atoms with E-state index in [1.165, 1.54) is 22.4 Å². The molecule has 0 bridgehead atoms. The van der Waals surface area contributed by atoms with E-state index < -0.39 is 15.6 Å². The van der Waals surface area contributed by atoms with Crippen molar-refractivity contribution in [3.8, 4) is 11.5 Å². The maximum absolute atomic E-state index is 10.7. The Morgan fingerprint density at radius 2 is 1.33 bits per heavy atom. The second-order valence-electron chi connectivity index (χ2n) is 6.66. The molecular weight excluding hydrogens is 574 g/mol. The van der Waals surface area contributed by atoms with Crippen molar-refractivity contribution in [2.75, 3.05) is 14.2 Å². The van der Waals surface area contributed by atoms with Crippen molar-refractivity contribution in [3.05, 3.63) is 78.2 Å². The summed E-state index contributed by atoms with van der Waals surface area (Å²) in [4.78, 5) is 2.56. The van der Waals surface area contributed by atoms with Crippen LogP contribution >= 0.6 is 34.4 Å². The molecule has 36 heavy (non-hydrogen) atoms. The molecule has 0 spiro atoms. The van der Waals surface area contributed by atoms with Gasteiger partial charge >= 0.3 is 5.51 Å². The van der Waals surface area contributed by atoms with Gasteiger partial charge in [-0.2, -0.15) is 13.2 Å². The van der Waals surface area contributed by atoms with Gasteiger partial charge in [0.25, 0.3) is 0 Å². The summed E-state index contributed by atoms with van der Waals surface area (Å²) in [6.07, 6.45) is 0. The highest BCUT2D eigenvalue weighted by molar-refractivity contribution is 8.03. The summed E-state index contributed by atoms with van der Waals surface area (Å²) in [5, 5.41) is 2.12. The van der Waals surface area contributed by atoms with Crippen molar-refractivity contribution >= 4 is 55.4 Å². The Morgan fingerprint density at radius 1 is 0.833 bits per heavy atom. The number of halogens is 3. The van der Waals surface area contributed by atoms with Crippen LogP contribution in [0.15, 0.2) is 101 Å². The molecule has 0 radical (unpaired) electrons. The number of ether oxygens (including phenoxy) is 2. The fraction of sp³-hybridized carbons (Fsp3) is 0.130. The van der Waals surface area contributed by atoms with Crippen molar-refractivity contribution in [2.24, 2.45) is 0 Å². The quantitative estimate of drug-likeness (QED) is 0.129. The lowest BCUT2D eigenvalue weighted by atomic mass is 10.3. The Balaban J connectivity index is 0.000000392. The van der Waals surface area contributed by atoms with E-state index in [1.54, 1.807) is 25.6 Å². The highest BCUT2D eigenvalue weighted by Gasteiger charge is 2.37.